The molecule has 2 atom stereocenters. The number of H-pyrrole nitrogens is 1. The SMILES string of the molecule is CC1Nc2cc(F)cc3c(=O)[nH]nc(c23)C1c1ccc(Cl)cc1F. The number of anilines is 1. The van der Waals surface area contributed by atoms with E-state index in [1.807, 2.05) is 6.92 Å². The third-order valence-corrected chi connectivity index (χ3v) is 4.59. The van der Waals surface area contributed by atoms with E-state index in [1.165, 1.54) is 12.1 Å². The number of aromatic nitrogens is 2. The Balaban J connectivity index is 2.04. The van der Waals surface area contributed by atoms with Gasteiger partial charge in [0.2, 0.25) is 0 Å². The van der Waals surface area contributed by atoms with Crippen LogP contribution in [0.4, 0.5) is 14.5 Å². The summed E-state index contributed by atoms with van der Waals surface area (Å²) in [5.74, 6) is -1.41. The number of hydrogen-bond acceptors (Lipinski definition) is 3. The van der Waals surface area contributed by atoms with Crippen LogP contribution in [0.15, 0.2) is 35.1 Å². The highest BCUT2D eigenvalue weighted by Crippen LogP contribution is 2.41. The summed E-state index contributed by atoms with van der Waals surface area (Å²) in [4.78, 5) is 12.0. The van der Waals surface area contributed by atoms with E-state index >= 15 is 0 Å². The third kappa shape index (κ3) is 2.17. The van der Waals surface area contributed by atoms with E-state index in [-0.39, 0.29) is 11.4 Å². The van der Waals surface area contributed by atoms with Crippen LogP contribution in [0.1, 0.15) is 24.1 Å². The van der Waals surface area contributed by atoms with Gasteiger partial charge in [-0.25, -0.2) is 13.9 Å². The lowest BCUT2D eigenvalue weighted by Gasteiger charge is -2.32. The molecule has 0 fully saturated rings. The van der Waals surface area contributed by atoms with Crippen molar-refractivity contribution in [3.8, 4) is 0 Å². The summed E-state index contributed by atoms with van der Waals surface area (Å²) in [6.07, 6.45) is 0. The van der Waals surface area contributed by atoms with Crippen molar-refractivity contribution in [2.45, 2.75) is 18.9 Å². The maximum Gasteiger partial charge on any atom is 0.272 e. The molecule has 1 aliphatic heterocycles. The Kier molecular flexibility index (Phi) is 3.31. The van der Waals surface area contributed by atoms with Crippen molar-refractivity contribution in [2.75, 3.05) is 5.32 Å². The molecule has 0 amide bonds. The molecule has 0 spiro atoms. The van der Waals surface area contributed by atoms with Crippen LogP contribution >= 0.6 is 11.6 Å². The topological polar surface area (TPSA) is 57.8 Å². The van der Waals surface area contributed by atoms with Crippen LogP contribution in [0.3, 0.4) is 0 Å². The van der Waals surface area contributed by atoms with Crippen molar-refractivity contribution < 1.29 is 8.78 Å². The molecular formula is C17H12ClF2N3O. The van der Waals surface area contributed by atoms with Gasteiger partial charge < -0.3 is 5.32 Å². The Morgan fingerprint density at radius 3 is 2.75 bits per heavy atom. The van der Waals surface area contributed by atoms with E-state index in [0.717, 1.165) is 6.07 Å². The van der Waals surface area contributed by atoms with Gasteiger partial charge in [0.25, 0.3) is 5.56 Å². The van der Waals surface area contributed by atoms with Crippen LogP contribution in [0.2, 0.25) is 5.02 Å². The molecule has 24 heavy (non-hydrogen) atoms. The van der Waals surface area contributed by atoms with Gasteiger partial charge in [0.15, 0.2) is 0 Å². The molecule has 1 aliphatic rings. The molecule has 2 N–H and O–H groups in total. The van der Waals surface area contributed by atoms with Crippen molar-refractivity contribution in [2.24, 2.45) is 0 Å². The second-order valence-electron chi connectivity index (χ2n) is 5.89. The Labute approximate surface area is 140 Å². The van der Waals surface area contributed by atoms with Crippen LogP contribution in [0, 0.1) is 11.6 Å². The van der Waals surface area contributed by atoms with Crippen molar-refractivity contribution >= 4 is 28.1 Å². The van der Waals surface area contributed by atoms with E-state index in [0.29, 0.717) is 27.4 Å². The summed E-state index contributed by atoms with van der Waals surface area (Å²) in [5, 5.41) is 10.7. The first-order chi connectivity index (χ1) is 11.5. The molecule has 3 aromatic rings. The van der Waals surface area contributed by atoms with E-state index in [1.54, 1.807) is 12.1 Å². The van der Waals surface area contributed by atoms with Gasteiger partial charge in [0, 0.05) is 22.1 Å². The molecule has 0 radical (unpaired) electrons. The van der Waals surface area contributed by atoms with Crippen LogP contribution in [-0.4, -0.2) is 16.2 Å². The van der Waals surface area contributed by atoms with Gasteiger partial charge in [0.1, 0.15) is 11.6 Å². The lowest BCUT2D eigenvalue weighted by molar-refractivity contribution is 0.567. The molecule has 2 unspecified atom stereocenters. The van der Waals surface area contributed by atoms with Crippen molar-refractivity contribution in [3.63, 3.8) is 0 Å². The molecule has 122 valence electrons. The number of nitrogens with one attached hydrogen (secondary N) is 2. The normalized spacial score (nSPS) is 19.3. The molecule has 4 nitrogen and oxygen atoms in total. The average molecular weight is 348 g/mol. The van der Waals surface area contributed by atoms with Gasteiger partial charge in [-0.05, 0) is 36.8 Å². The van der Waals surface area contributed by atoms with Gasteiger partial charge in [-0.1, -0.05) is 17.7 Å². The second kappa shape index (κ2) is 5.27. The number of halogens is 3. The molecule has 0 bridgehead atoms. The molecule has 2 aromatic carbocycles. The first kappa shape index (κ1) is 15.1. The first-order valence-electron chi connectivity index (χ1n) is 7.39. The van der Waals surface area contributed by atoms with E-state index in [4.69, 9.17) is 11.6 Å². The van der Waals surface area contributed by atoms with E-state index < -0.39 is 23.1 Å². The Morgan fingerprint density at radius 2 is 2.00 bits per heavy atom. The molecular weight excluding hydrogens is 336 g/mol. The maximum absolute atomic E-state index is 14.4. The molecule has 0 saturated heterocycles. The minimum atomic E-state index is -0.518. The third-order valence-electron chi connectivity index (χ3n) is 4.36. The van der Waals surface area contributed by atoms with E-state index in [2.05, 4.69) is 15.5 Å². The number of rotatable bonds is 1. The van der Waals surface area contributed by atoms with Crippen LogP contribution < -0.4 is 10.9 Å². The monoisotopic (exact) mass is 347 g/mol. The second-order valence-corrected chi connectivity index (χ2v) is 6.33. The molecule has 1 aromatic heterocycles. The fraction of sp³-hybridized carbons (Fsp3) is 0.176. The van der Waals surface area contributed by atoms with Crippen LogP contribution in [-0.2, 0) is 0 Å². The lowest BCUT2D eigenvalue weighted by Crippen LogP contribution is -2.32. The molecule has 0 saturated carbocycles. The van der Waals surface area contributed by atoms with Gasteiger partial charge in [-0.2, -0.15) is 5.10 Å². The van der Waals surface area contributed by atoms with Gasteiger partial charge in [-0.3, -0.25) is 4.79 Å². The highest BCUT2D eigenvalue weighted by molar-refractivity contribution is 6.30. The van der Waals surface area contributed by atoms with Crippen molar-refractivity contribution in [3.05, 3.63) is 68.6 Å². The summed E-state index contributed by atoms with van der Waals surface area (Å²) in [6, 6.07) is 6.68. The highest BCUT2D eigenvalue weighted by Gasteiger charge is 2.33. The number of hydrogen-bond donors (Lipinski definition) is 2. The van der Waals surface area contributed by atoms with Crippen LogP contribution in [0.5, 0.6) is 0 Å². The zero-order valence-electron chi connectivity index (χ0n) is 12.5. The van der Waals surface area contributed by atoms with Gasteiger partial charge in [0.05, 0.1) is 17.0 Å². The predicted molar refractivity (Wildman–Crippen MR) is 88.7 cm³/mol. The summed E-state index contributed by atoms with van der Waals surface area (Å²) >= 11 is 5.83. The zero-order chi connectivity index (χ0) is 17.0. The summed E-state index contributed by atoms with van der Waals surface area (Å²) in [6.45, 7) is 1.85. The fourth-order valence-corrected chi connectivity index (χ4v) is 3.52. The Morgan fingerprint density at radius 1 is 1.21 bits per heavy atom. The molecule has 0 aliphatic carbocycles. The molecule has 7 heteroatoms. The average Bonchev–Trinajstić information content (AvgIpc) is 2.51. The highest BCUT2D eigenvalue weighted by atomic mass is 35.5. The number of benzene rings is 2. The molecule has 4 rings (SSSR count). The van der Waals surface area contributed by atoms with Gasteiger partial charge >= 0.3 is 0 Å². The minimum Gasteiger partial charge on any atom is -0.381 e. The maximum atomic E-state index is 14.4. The zero-order valence-corrected chi connectivity index (χ0v) is 13.3. The smallest absolute Gasteiger partial charge is 0.272 e. The first-order valence-corrected chi connectivity index (χ1v) is 7.77. The minimum absolute atomic E-state index is 0.189. The van der Waals surface area contributed by atoms with E-state index in [9.17, 15) is 13.6 Å². The fourth-order valence-electron chi connectivity index (χ4n) is 3.36. The number of nitrogens with zero attached hydrogens (tertiary/aromatic N) is 1. The molecule has 2 heterocycles. The van der Waals surface area contributed by atoms with Crippen LogP contribution in [0.25, 0.3) is 10.8 Å². The Hall–Kier alpha value is -2.47. The van der Waals surface area contributed by atoms with Crippen molar-refractivity contribution in [1.29, 1.82) is 0 Å². The quantitative estimate of drug-likeness (QED) is 0.704. The number of aromatic amines is 1. The van der Waals surface area contributed by atoms with Gasteiger partial charge in [-0.15, -0.1) is 0 Å². The summed E-state index contributed by atoms with van der Waals surface area (Å²) in [7, 11) is 0. The lowest BCUT2D eigenvalue weighted by atomic mass is 9.83. The predicted octanol–water partition coefficient (Wildman–Crippen LogP) is 3.80. The largest absolute Gasteiger partial charge is 0.381 e. The summed E-state index contributed by atoms with van der Waals surface area (Å²) in [5.41, 5.74) is 0.917. The standard InChI is InChI=1S/C17H12ClF2N3O/c1-7-14(10-3-2-8(18)4-12(10)20)16-15-11(17(24)23-22-16)5-9(19)6-13(15)21-7/h2-7,14,21H,1H3,(H,23,24). The van der Waals surface area contributed by atoms with Crippen molar-refractivity contribution in [1.82, 2.24) is 10.2 Å². The Bertz CT molecular complexity index is 1030. The summed E-state index contributed by atoms with van der Waals surface area (Å²) < 4.78 is 28.2.